The van der Waals surface area contributed by atoms with Crippen LogP contribution in [0.4, 0.5) is 0 Å². The Hall–Kier alpha value is -0.0800. The summed E-state index contributed by atoms with van der Waals surface area (Å²) in [4.78, 5) is 2.49. The third-order valence-electron chi connectivity index (χ3n) is 4.19. The molecule has 0 radical (unpaired) electrons. The van der Waals surface area contributed by atoms with Crippen molar-refractivity contribution in [3.8, 4) is 0 Å². The molecule has 2 fully saturated rings. The minimum Gasteiger partial charge on any atom is -0.391 e. The monoisotopic (exact) mass is 197 g/mol. The van der Waals surface area contributed by atoms with Crippen LogP contribution in [0.25, 0.3) is 0 Å². The second kappa shape index (κ2) is 3.82. The summed E-state index contributed by atoms with van der Waals surface area (Å²) in [6, 6.07) is 0.475. The zero-order valence-corrected chi connectivity index (χ0v) is 9.50. The summed E-state index contributed by atoms with van der Waals surface area (Å²) in [5.41, 5.74) is 0.539. The number of likely N-dealkylation sites (tertiary alicyclic amines) is 1. The van der Waals surface area contributed by atoms with Crippen molar-refractivity contribution in [2.24, 2.45) is 5.41 Å². The van der Waals surface area contributed by atoms with E-state index in [0.29, 0.717) is 11.5 Å². The number of aliphatic hydroxyl groups is 1. The van der Waals surface area contributed by atoms with Gasteiger partial charge < -0.3 is 5.11 Å². The molecule has 1 saturated carbocycles. The Kier molecular flexibility index (Phi) is 2.85. The van der Waals surface area contributed by atoms with Crippen LogP contribution in [0.2, 0.25) is 0 Å². The number of hydrogen-bond donors (Lipinski definition) is 1. The summed E-state index contributed by atoms with van der Waals surface area (Å²) in [5.74, 6) is 0. The van der Waals surface area contributed by atoms with Crippen LogP contribution >= 0.6 is 0 Å². The van der Waals surface area contributed by atoms with Crippen molar-refractivity contribution in [3.05, 3.63) is 0 Å². The third kappa shape index (κ3) is 1.82. The molecule has 14 heavy (non-hydrogen) atoms. The van der Waals surface area contributed by atoms with Crippen molar-refractivity contribution in [3.63, 3.8) is 0 Å². The van der Waals surface area contributed by atoms with Crippen molar-refractivity contribution in [2.45, 2.75) is 58.1 Å². The predicted molar refractivity (Wildman–Crippen MR) is 58.2 cm³/mol. The largest absolute Gasteiger partial charge is 0.391 e. The zero-order valence-electron chi connectivity index (χ0n) is 9.50. The van der Waals surface area contributed by atoms with Crippen molar-refractivity contribution in [2.75, 3.05) is 13.1 Å². The Balaban J connectivity index is 1.86. The molecule has 0 aromatic rings. The molecule has 1 heterocycles. The normalized spacial score (nSPS) is 37.9. The maximum absolute atomic E-state index is 9.91. The Morgan fingerprint density at radius 1 is 1.29 bits per heavy atom. The van der Waals surface area contributed by atoms with E-state index < -0.39 is 0 Å². The molecule has 2 rings (SSSR count). The van der Waals surface area contributed by atoms with Gasteiger partial charge in [-0.25, -0.2) is 0 Å². The van der Waals surface area contributed by atoms with E-state index >= 15 is 0 Å². The van der Waals surface area contributed by atoms with Gasteiger partial charge >= 0.3 is 0 Å². The lowest BCUT2D eigenvalue weighted by Gasteiger charge is -2.53. The third-order valence-corrected chi connectivity index (χ3v) is 4.19. The van der Waals surface area contributed by atoms with E-state index in [-0.39, 0.29) is 6.10 Å². The van der Waals surface area contributed by atoms with Crippen molar-refractivity contribution in [1.82, 2.24) is 4.90 Å². The summed E-state index contributed by atoms with van der Waals surface area (Å²) < 4.78 is 0. The highest BCUT2D eigenvalue weighted by atomic mass is 16.3. The van der Waals surface area contributed by atoms with E-state index in [9.17, 15) is 5.11 Å². The Morgan fingerprint density at radius 2 is 1.93 bits per heavy atom. The SMILES string of the molecule is CCC1(C)CN([C@@H]2CCCC[C@H]2O)C1. The van der Waals surface area contributed by atoms with Gasteiger partial charge in [0, 0.05) is 19.1 Å². The Bertz CT molecular complexity index is 198. The molecule has 1 aliphatic carbocycles. The second-order valence-electron chi connectivity index (χ2n) is 5.49. The first-order valence-electron chi connectivity index (χ1n) is 6.07. The first-order valence-corrected chi connectivity index (χ1v) is 6.07. The van der Waals surface area contributed by atoms with Gasteiger partial charge in [-0.3, -0.25) is 4.90 Å². The summed E-state index contributed by atoms with van der Waals surface area (Å²) in [6.45, 7) is 7.03. The Labute approximate surface area is 87.3 Å². The number of hydrogen-bond acceptors (Lipinski definition) is 2. The minimum absolute atomic E-state index is 0.0508. The van der Waals surface area contributed by atoms with Crippen molar-refractivity contribution in [1.29, 1.82) is 0 Å². The van der Waals surface area contributed by atoms with Gasteiger partial charge in [-0.2, -0.15) is 0 Å². The van der Waals surface area contributed by atoms with E-state index in [4.69, 9.17) is 0 Å². The number of rotatable bonds is 2. The highest BCUT2D eigenvalue weighted by Crippen LogP contribution is 2.37. The molecule has 0 spiro atoms. The van der Waals surface area contributed by atoms with Crippen molar-refractivity contribution >= 4 is 0 Å². The first kappa shape index (κ1) is 10.4. The molecule has 1 N–H and O–H groups in total. The van der Waals surface area contributed by atoms with E-state index in [2.05, 4.69) is 18.7 Å². The lowest BCUT2D eigenvalue weighted by Crippen LogP contribution is -2.61. The molecular weight excluding hydrogens is 174 g/mol. The fraction of sp³-hybridized carbons (Fsp3) is 1.00. The van der Waals surface area contributed by atoms with Crippen LogP contribution in [-0.2, 0) is 0 Å². The maximum atomic E-state index is 9.91. The molecule has 0 unspecified atom stereocenters. The summed E-state index contributed by atoms with van der Waals surface area (Å²) in [6.07, 6.45) is 5.97. The fourth-order valence-corrected chi connectivity index (χ4v) is 2.91. The lowest BCUT2D eigenvalue weighted by molar-refractivity contribution is -0.0757. The molecule has 0 amide bonds. The van der Waals surface area contributed by atoms with Gasteiger partial charge in [0.2, 0.25) is 0 Å². The fourth-order valence-electron chi connectivity index (χ4n) is 2.91. The van der Waals surface area contributed by atoms with Crippen LogP contribution in [0.1, 0.15) is 46.0 Å². The molecular formula is C12H23NO. The standard InChI is InChI=1S/C12H23NO/c1-3-12(2)8-13(9-12)10-6-4-5-7-11(10)14/h10-11,14H,3-9H2,1-2H3/t10-,11-/m1/s1. The number of aliphatic hydroxyl groups excluding tert-OH is 1. The molecule has 0 aromatic carbocycles. The quantitative estimate of drug-likeness (QED) is 0.732. The summed E-state index contributed by atoms with van der Waals surface area (Å²) in [5, 5.41) is 9.91. The topological polar surface area (TPSA) is 23.5 Å². The summed E-state index contributed by atoms with van der Waals surface area (Å²) >= 11 is 0. The molecule has 2 nitrogen and oxygen atoms in total. The molecule has 2 aliphatic rings. The van der Waals surface area contributed by atoms with Gasteiger partial charge in [-0.05, 0) is 24.7 Å². The smallest absolute Gasteiger partial charge is 0.0695 e. The van der Waals surface area contributed by atoms with Gasteiger partial charge in [-0.1, -0.05) is 26.7 Å². The molecule has 2 heteroatoms. The van der Waals surface area contributed by atoms with Gasteiger partial charge in [-0.15, -0.1) is 0 Å². The van der Waals surface area contributed by atoms with Gasteiger partial charge in [0.25, 0.3) is 0 Å². The maximum Gasteiger partial charge on any atom is 0.0695 e. The molecule has 82 valence electrons. The second-order valence-corrected chi connectivity index (χ2v) is 5.49. The molecule has 0 bridgehead atoms. The highest BCUT2D eigenvalue weighted by Gasteiger charge is 2.42. The van der Waals surface area contributed by atoms with Gasteiger partial charge in [0.15, 0.2) is 0 Å². The van der Waals surface area contributed by atoms with Crippen molar-refractivity contribution < 1.29 is 5.11 Å². The van der Waals surface area contributed by atoms with E-state index in [1.54, 1.807) is 0 Å². The molecule has 2 atom stereocenters. The number of nitrogens with zero attached hydrogens (tertiary/aromatic N) is 1. The van der Waals surface area contributed by atoms with Crippen LogP contribution < -0.4 is 0 Å². The van der Waals surface area contributed by atoms with Gasteiger partial charge in [0.1, 0.15) is 0 Å². The van der Waals surface area contributed by atoms with E-state index in [0.717, 1.165) is 6.42 Å². The van der Waals surface area contributed by atoms with Crippen LogP contribution in [0.5, 0.6) is 0 Å². The first-order chi connectivity index (χ1) is 6.64. The van der Waals surface area contributed by atoms with Gasteiger partial charge in [0.05, 0.1) is 6.10 Å². The lowest BCUT2D eigenvalue weighted by atomic mass is 9.76. The average Bonchev–Trinajstić information content (AvgIpc) is 2.14. The minimum atomic E-state index is -0.0508. The Morgan fingerprint density at radius 3 is 2.50 bits per heavy atom. The van der Waals surface area contributed by atoms with E-state index in [1.807, 2.05) is 0 Å². The molecule has 1 aliphatic heterocycles. The van der Waals surface area contributed by atoms with Crippen LogP contribution in [0, 0.1) is 5.41 Å². The zero-order chi connectivity index (χ0) is 10.2. The molecule has 0 aromatic heterocycles. The van der Waals surface area contributed by atoms with Crippen LogP contribution in [0.15, 0.2) is 0 Å². The van der Waals surface area contributed by atoms with Crippen LogP contribution in [-0.4, -0.2) is 35.2 Å². The molecule has 1 saturated heterocycles. The summed E-state index contributed by atoms with van der Waals surface area (Å²) in [7, 11) is 0. The van der Waals surface area contributed by atoms with Crippen LogP contribution in [0.3, 0.4) is 0 Å². The average molecular weight is 197 g/mol. The highest BCUT2D eigenvalue weighted by molar-refractivity contribution is 4.96. The predicted octanol–water partition coefficient (Wildman–Crippen LogP) is 2.02. The van der Waals surface area contributed by atoms with E-state index in [1.165, 1.54) is 38.8 Å².